The van der Waals surface area contributed by atoms with E-state index in [1.807, 2.05) is 28.8 Å². The summed E-state index contributed by atoms with van der Waals surface area (Å²) in [6.07, 6.45) is 1.66. The van der Waals surface area contributed by atoms with Crippen LogP contribution in [0, 0.1) is 0 Å². The van der Waals surface area contributed by atoms with Gasteiger partial charge in [-0.1, -0.05) is 36.4 Å². The third kappa shape index (κ3) is 3.48. The molecule has 6 heteroatoms. The number of amides is 1. The molecule has 138 valence electrons. The maximum atomic E-state index is 12.6. The highest BCUT2D eigenvalue weighted by Gasteiger charge is 2.12. The molecule has 3 aromatic carbocycles. The van der Waals surface area contributed by atoms with Crippen molar-refractivity contribution in [2.75, 3.05) is 11.1 Å². The van der Waals surface area contributed by atoms with Crippen LogP contribution in [0.25, 0.3) is 11.0 Å². The van der Waals surface area contributed by atoms with Crippen molar-refractivity contribution in [3.05, 3.63) is 90.3 Å². The molecule has 0 atom stereocenters. The Morgan fingerprint density at radius 2 is 1.57 bits per heavy atom. The number of para-hydroxylation sites is 4. The van der Waals surface area contributed by atoms with Gasteiger partial charge in [-0.15, -0.1) is 0 Å². The number of Topliss-reactive ketones (excluding diaryl/α,β-unsaturated/α-hetero) is 1. The van der Waals surface area contributed by atoms with Gasteiger partial charge in [-0.3, -0.25) is 9.59 Å². The summed E-state index contributed by atoms with van der Waals surface area (Å²) in [6.45, 7) is 0.187. The molecule has 1 aromatic heterocycles. The van der Waals surface area contributed by atoms with Crippen LogP contribution in [-0.4, -0.2) is 21.2 Å². The number of ketones is 1. The topological polar surface area (TPSA) is 90.0 Å². The monoisotopic (exact) mass is 370 g/mol. The van der Waals surface area contributed by atoms with E-state index in [1.54, 1.807) is 54.9 Å². The second-order valence-corrected chi connectivity index (χ2v) is 6.40. The summed E-state index contributed by atoms with van der Waals surface area (Å²) in [6, 6.07) is 21.3. The second kappa shape index (κ2) is 7.36. The molecule has 6 nitrogen and oxygen atoms in total. The molecule has 0 saturated carbocycles. The Hall–Kier alpha value is -3.93. The van der Waals surface area contributed by atoms with E-state index in [4.69, 9.17) is 5.73 Å². The van der Waals surface area contributed by atoms with Crippen LogP contribution in [0.4, 0.5) is 11.4 Å². The van der Waals surface area contributed by atoms with Crippen molar-refractivity contribution < 1.29 is 9.59 Å². The fourth-order valence-corrected chi connectivity index (χ4v) is 3.00. The summed E-state index contributed by atoms with van der Waals surface area (Å²) in [5.41, 5.74) is 9.65. The summed E-state index contributed by atoms with van der Waals surface area (Å²) in [5, 5.41) is 2.77. The van der Waals surface area contributed by atoms with Gasteiger partial charge in [0.05, 0.1) is 35.3 Å². The van der Waals surface area contributed by atoms with Gasteiger partial charge in [0.2, 0.25) is 0 Å². The lowest BCUT2D eigenvalue weighted by molar-refractivity contribution is 0.0971. The van der Waals surface area contributed by atoms with E-state index in [1.165, 1.54) is 0 Å². The number of nitrogens with zero attached hydrogens (tertiary/aromatic N) is 2. The van der Waals surface area contributed by atoms with E-state index in [2.05, 4.69) is 10.3 Å². The first-order chi connectivity index (χ1) is 13.6. The molecule has 0 aliphatic carbocycles. The molecule has 3 N–H and O–H groups in total. The predicted molar refractivity (Wildman–Crippen MR) is 109 cm³/mol. The molecule has 0 fully saturated rings. The fourth-order valence-electron chi connectivity index (χ4n) is 3.00. The number of nitrogens with one attached hydrogen (secondary N) is 1. The molecule has 4 aromatic rings. The quantitative estimate of drug-likeness (QED) is 0.413. The highest BCUT2D eigenvalue weighted by molar-refractivity contribution is 6.06. The van der Waals surface area contributed by atoms with Crippen LogP contribution in [0.5, 0.6) is 0 Å². The van der Waals surface area contributed by atoms with Crippen LogP contribution >= 0.6 is 0 Å². The highest BCUT2D eigenvalue weighted by Crippen LogP contribution is 2.18. The Kier molecular flexibility index (Phi) is 4.60. The van der Waals surface area contributed by atoms with Crippen LogP contribution in [0.3, 0.4) is 0 Å². The lowest BCUT2D eigenvalue weighted by Gasteiger charge is -2.08. The third-order valence-corrected chi connectivity index (χ3v) is 4.52. The zero-order chi connectivity index (χ0) is 19.5. The molecular weight excluding hydrogens is 352 g/mol. The minimum absolute atomic E-state index is 0.0533. The molecule has 0 radical (unpaired) electrons. The van der Waals surface area contributed by atoms with Crippen molar-refractivity contribution in [2.24, 2.45) is 0 Å². The molecule has 1 heterocycles. The number of benzene rings is 3. The number of aromatic nitrogens is 2. The number of rotatable bonds is 5. The summed E-state index contributed by atoms with van der Waals surface area (Å²) >= 11 is 0. The fraction of sp³-hybridized carbons (Fsp3) is 0.0455. The molecule has 0 bridgehead atoms. The van der Waals surface area contributed by atoms with E-state index in [0.717, 1.165) is 11.0 Å². The maximum absolute atomic E-state index is 12.6. The van der Waals surface area contributed by atoms with Crippen molar-refractivity contribution in [3.8, 4) is 0 Å². The van der Waals surface area contributed by atoms with E-state index in [-0.39, 0.29) is 18.2 Å². The Bertz CT molecular complexity index is 1160. The number of nitrogens with two attached hydrogens (primary N) is 1. The summed E-state index contributed by atoms with van der Waals surface area (Å²) in [5.74, 6) is -0.333. The van der Waals surface area contributed by atoms with Gasteiger partial charge in [0.15, 0.2) is 5.78 Å². The number of hydrogen-bond donors (Lipinski definition) is 2. The lowest BCUT2D eigenvalue weighted by atomic mass is 10.1. The van der Waals surface area contributed by atoms with Gasteiger partial charge >= 0.3 is 0 Å². The number of hydrogen-bond acceptors (Lipinski definition) is 4. The first kappa shape index (κ1) is 17.5. The SMILES string of the molecule is Nc1ccccc1NC(=O)c1ccc(C(=O)Cn2cnc3ccccc32)cc1. The van der Waals surface area contributed by atoms with Crippen molar-refractivity contribution in [1.82, 2.24) is 9.55 Å². The standard InChI is InChI=1S/C22H18N4O2/c23-17-5-1-2-6-18(17)25-22(28)16-11-9-15(10-12-16)21(27)13-26-14-24-19-7-3-4-8-20(19)26/h1-12,14H,13,23H2,(H,25,28). The van der Waals surface area contributed by atoms with Crippen LogP contribution in [0.15, 0.2) is 79.1 Å². The van der Waals surface area contributed by atoms with Gasteiger partial charge in [-0.25, -0.2) is 4.98 Å². The Balaban J connectivity index is 1.47. The number of imidazole rings is 1. The number of carbonyl (C=O) groups is 2. The second-order valence-electron chi connectivity index (χ2n) is 6.40. The minimum atomic E-state index is -0.280. The zero-order valence-electron chi connectivity index (χ0n) is 15.0. The van der Waals surface area contributed by atoms with Crippen molar-refractivity contribution in [2.45, 2.75) is 6.54 Å². The molecule has 0 aliphatic rings. The lowest BCUT2D eigenvalue weighted by Crippen LogP contribution is -2.14. The normalized spacial score (nSPS) is 10.7. The van der Waals surface area contributed by atoms with Gasteiger partial charge in [-0.05, 0) is 36.4 Å². The third-order valence-electron chi connectivity index (χ3n) is 4.52. The van der Waals surface area contributed by atoms with E-state index >= 15 is 0 Å². The largest absolute Gasteiger partial charge is 0.397 e. The van der Waals surface area contributed by atoms with Gasteiger partial charge in [0.1, 0.15) is 0 Å². The molecule has 0 aliphatic heterocycles. The van der Waals surface area contributed by atoms with Crippen LogP contribution in [0.1, 0.15) is 20.7 Å². The first-order valence-electron chi connectivity index (χ1n) is 8.81. The average Bonchev–Trinajstić information content (AvgIpc) is 3.13. The average molecular weight is 370 g/mol. The number of nitrogen functional groups attached to an aromatic ring is 1. The molecule has 0 saturated heterocycles. The molecule has 1 amide bonds. The summed E-state index contributed by atoms with van der Waals surface area (Å²) < 4.78 is 1.82. The van der Waals surface area contributed by atoms with E-state index in [0.29, 0.717) is 22.5 Å². The minimum Gasteiger partial charge on any atom is -0.397 e. The Morgan fingerprint density at radius 1 is 0.893 bits per heavy atom. The first-order valence-corrected chi connectivity index (χ1v) is 8.81. The maximum Gasteiger partial charge on any atom is 0.255 e. The van der Waals surface area contributed by atoms with E-state index in [9.17, 15) is 9.59 Å². The highest BCUT2D eigenvalue weighted by atomic mass is 16.1. The van der Waals surface area contributed by atoms with Crippen LogP contribution < -0.4 is 11.1 Å². The molecule has 0 spiro atoms. The number of anilines is 2. The van der Waals surface area contributed by atoms with Gasteiger partial charge in [0.25, 0.3) is 5.91 Å². The zero-order valence-corrected chi connectivity index (χ0v) is 15.0. The predicted octanol–water partition coefficient (Wildman–Crippen LogP) is 3.75. The molecule has 4 rings (SSSR count). The van der Waals surface area contributed by atoms with Gasteiger partial charge < -0.3 is 15.6 Å². The summed E-state index contributed by atoms with van der Waals surface area (Å²) in [7, 11) is 0. The van der Waals surface area contributed by atoms with Crippen LogP contribution in [0.2, 0.25) is 0 Å². The van der Waals surface area contributed by atoms with E-state index < -0.39 is 0 Å². The molecule has 0 unspecified atom stereocenters. The molecule has 28 heavy (non-hydrogen) atoms. The van der Waals surface area contributed by atoms with Crippen molar-refractivity contribution >= 4 is 34.1 Å². The summed E-state index contributed by atoms with van der Waals surface area (Å²) in [4.78, 5) is 29.3. The van der Waals surface area contributed by atoms with Crippen molar-refractivity contribution in [3.63, 3.8) is 0 Å². The number of fused-ring (bicyclic) bond motifs is 1. The van der Waals surface area contributed by atoms with Crippen LogP contribution in [-0.2, 0) is 6.54 Å². The Labute approximate surface area is 161 Å². The Morgan fingerprint density at radius 3 is 2.36 bits per heavy atom. The smallest absolute Gasteiger partial charge is 0.255 e. The van der Waals surface area contributed by atoms with Gasteiger partial charge in [-0.2, -0.15) is 0 Å². The molecular formula is C22H18N4O2. The van der Waals surface area contributed by atoms with Gasteiger partial charge in [0, 0.05) is 11.1 Å². The number of carbonyl (C=O) groups excluding carboxylic acids is 2. The van der Waals surface area contributed by atoms with Crippen molar-refractivity contribution in [1.29, 1.82) is 0 Å².